The van der Waals surface area contributed by atoms with Crippen LogP contribution in [0, 0.1) is 12.7 Å². The molecule has 3 aromatic rings. The van der Waals surface area contributed by atoms with E-state index in [0.717, 1.165) is 28.8 Å². The molecule has 4 rings (SSSR count). The number of alkyl halides is 3. The van der Waals surface area contributed by atoms with Crippen LogP contribution in [-0.2, 0) is 30.4 Å². The first-order valence-electron chi connectivity index (χ1n) is 11.3. The quantitative estimate of drug-likeness (QED) is 0.468. The maximum absolute atomic E-state index is 13.9. The van der Waals surface area contributed by atoms with Crippen LogP contribution in [0.5, 0.6) is 5.75 Å². The summed E-state index contributed by atoms with van der Waals surface area (Å²) < 4.78 is 57.6. The number of amides is 2. The van der Waals surface area contributed by atoms with E-state index >= 15 is 0 Å². The molecule has 2 amide bonds. The molecule has 1 heterocycles. The number of aryl methyl sites for hydroxylation is 1. The number of methoxy groups -OCH3 is 1. The lowest BCUT2D eigenvalue weighted by molar-refractivity contribution is -0.140. The Morgan fingerprint density at radius 1 is 1.08 bits per heavy atom. The molecular weight excluding hydrogens is 476 g/mol. The summed E-state index contributed by atoms with van der Waals surface area (Å²) >= 11 is 0. The molecule has 1 aliphatic heterocycles. The zero-order chi connectivity index (χ0) is 26.0. The van der Waals surface area contributed by atoms with Crippen LogP contribution in [0.3, 0.4) is 0 Å². The molecule has 1 aliphatic rings. The highest BCUT2D eigenvalue weighted by Crippen LogP contribution is 2.33. The Morgan fingerprint density at radius 2 is 1.83 bits per heavy atom. The first-order chi connectivity index (χ1) is 17.1. The van der Waals surface area contributed by atoms with Gasteiger partial charge < -0.3 is 15.0 Å². The van der Waals surface area contributed by atoms with Crippen molar-refractivity contribution in [1.82, 2.24) is 4.90 Å². The second kappa shape index (κ2) is 10.0. The minimum atomic E-state index is -4.80. The number of carbonyl (C=O) groups is 2. The normalized spacial score (nSPS) is 13.2. The number of anilines is 1. The van der Waals surface area contributed by atoms with Gasteiger partial charge >= 0.3 is 6.18 Å². The zero-order valence-electron chi connectivity index (χ0n) is 19.7. The Labute approximate surface area is 205 Å². The van der Waals surface area contributed by atoms with Crippen LogP contribution in [-0.4, -0.2) is 30.4 Å². The highest BCUT2D eigenvalue weighted by atomic mass is 19.4. The van der Waals surface area contributed by atoms with E-state index < -0.39 is 23.5 Å². The molecule has 0 unspecified atom stereocenters. The van der Waals surface area contributed by atoms with E-state index in [1.54, 1.807) is 29.2 Å². The van der Waals surface area contributed by atoms with Crippen LogP contribution in [0.25, 0.3) is 0 Å². The first-order valence-corrected chi connectivity index (χ1v) is 11.3. The molecule has 9 heteroatoms. The second-order valence-corrected chi connectivity index (χ2v) is 8.61. The molecule has 0 fully saturated rings. The lowest BCUT2D eigenvalue weighted by Gasteiger charge is -2.31. The van der Waals surface area contributed by atoms with E-state index in [1.807, 2.05) is 19.1 Å². The van der Waals surface area contributed by atoms with Crippen LogP contribution in [0.2, 0.25) is 0 Å². The number of ether oxygens (including phenoxy) is 1. The molecule has 0 saturated heterocycles. The van der Waals surface area contributed by atoms with Gasteiger partial charge in [0.15, 0.2) is 0 Å². The van der Waals surface area contributed by atoms with Crippen molar-refractivity contribution in [3.05, 3.63) is 93.8 Å². The fourth-order valence-electron chi connectivity index (χ4n) is 4.38. The summed E-state index contributed by atoms with van der Waals surface area (Å²) in [5.74, 6) is -1.56. The highest BCUT2D eigenvalue weighted by Gasteiger charge is 2.34. The van der Waals surface area contributed by atoms with Crippen LogP contribution in [0.15, 0.2) is 54.6 Å². The number of hydrogen-bond donors (Lipinski definition) is 1. The Bertz CT molecular complexity index is 1320. The summed E-state index contributed by atoms with van der Waals surface area (Å²) in [5, 5.41) is 2.84. The summed E-state index contributed by atoms with van der Waals surface area (Å²) in [6.45, 7) is 2.61. The number of fused-ring (bicyclic) bond motifs is 1. The Kier molecular flexibility index (Phi) is 7.01. The average molecular weight is 500 g/mol. The lowest BCUT2D eigenvalue weighted by Crippen LogP contribution is -2.36. The zero-order valence-corrected chi connectivity index (χ0v) is 19.7. The second-order valence-electron chi connectivity index (χ2n) is 8.61. The molecule has 36 heavy (non-hydrogen) atoms. The molecule has 0 saturated carbocycles. The fraction of sp³-hybridized carbons (Fsp3) is 0.259. The van der Waals surface area contributed by atoms with Gasteiger partial charge in [-0.3, -0.25) is 9.59 Å². The van der Waals surface area contributed by atoms with Crippen LogP contribution in [0.4, 0.5) is 23.2 Å². The van der Waals surface area contributed by atoms with Crippen molar-refractivity contribution >= 4 is 17.5 Å². The van der Waals surface area contributed by atoms with E-state index in [1.165, 1.54) is 7.11 Å². The van der Waals surface area contributed by atoms with Crippen molar-refractivity contribution in [3.8, 4) is 5.75 Å². The Hall–Kier alpha value is -3.88. The molecule has 3 aromatic carbocycles. The van der Waals surface area contributed by atoms with E-state index in [2.05, 4.69) is 5.32 Å². The molecule has 188 valence electrons. The van der Waals surface area contributed by atoms with Gasteiger partial charge in [0.05, 0.1) is 24.7 Å². The molecule has 0 radical (unpaired) electrons. The molecule has 0 atom stereocenters. The van der Waals surface area contributed by atoms with E-state index in [0.29, 0.717) is 42.6 Å². The fourth-order valence-corrected chi connectivity index (χ4v) is 4.38. The molecule has 1 N–H and O–H groups in total. The van der Waals surface area contributed by atoms with Gasteiger partial charge in [-0.25, -0.2) is 4.39 Å². The van der Waals surface area contributed by atoms with Gasteiger partial charge in [-0.05, 0) is 59.9 Å². The molecule has 5 nitrogen and oxygen atoms in total. The molecule has 0 bridgehead atoms. The number of halogens is 4. The van der Waals surface area contributed by atoms with Gasteiger partial charge in [0.2, 0.25) is 5.91 Å². The van der Waals surface area contributed by atoms with Gasteiger partial charge in [-0.15, -0.1) is 0 Å². The number of rotatable bonds is 5. The van der Waals surface area contributed by atoms with Crippen LogP contribution >= 0.6 is 0 Å². The van der Waals surface area contributed by atoms with Gasteiger partial charge in [0.25, 0.3) is 5.91 Å². The molecular formula is C27H24F4N2O3. The number of nitrogens with one attached hydrogen (secondary N) is 1. The van der Waals surface area contributed by atoms with Crippen molar-refractivity contribution in [2.75, 3.05) is 19.0 Å². The number of carbonyl (C=O) groups excluding carboxylic acids is 2. The monoisotopic (exact) mass is 500 g/mol. The van der Waals surface area contributed by atoms with Crippen molar-refractivity contribution in [1.29, 1.82) is 0 Å². The van der Waals surface area contributed by atoms with Gasteiger partial charge in [0, 0.05) is 18.8 Å². The third-order valence-corrected chi connectivity index (χ3v) is 6.20. The topological polar surface area (TPSA) is 58.6 Å². The highest BCUT2D eigenvalue weighted by molar-refractivity contribution is 5.97. The first kappa shape index (κ1) is 25.2. The van der Waals surface area contributed by atoms with Crippen molar-refractivity contribution in [2.45, 2.75) is 32.5 Å². The van der Waals surface area contributed by atoms with Gasteiger partial charge in [-0.1, -0.05) is 30.3 Å². The number of nitrogens with zero attached hydrogens (tertiary/aromatic N) is 1. The standard InChI is InChI=1S/C27H24F4N2O3/c1-16-7-9-18-15-33(26(35)20-5-3-4-6-23(20)36-2)12-11-19(18)25(16)32-24(34)14-17-8-10-21(22(28)13-17)27(29,30)31/h3-10,13H,11-12,14-15H2,1-2H3,(H,32,34). The molecule has 0 spiro atoms. The summed E-state index contributed by atoms with van der Waals surface area (Å²) in [6, 6.07) is 13.2. The largest absolute Gasteiger partial charge is 0.496 e. The predicted molar refractivity (Wildman–Crippen MR) is 126 cm³/mol. The minimum absolute atomic E-state index is 0.133. The minimum Gasteiger partial charge on any atom is -0.496 e. The maximum atomic E-state index is 13.9. The third kappa shape index (κ3) is 5.19. The number of hydrogen-bond acceptors (Lipinski definition) is 3. The summed E-state index contributed by atoms with van der Waals surface area (Å²) in [4.78, 5) is 27.5. The van der Waals surface area contributed by atoms with Crippen LogP contribution < -0.4 is 10.1 Å². The summed E-state index contributed by atoms with van der Waals surface area (Å²) in [5.41, 5.74) is 2.42. The Balaban J connectivity index is 1.50. The van der Waals surface area contributed by atoms with E-state index in [4.69, 9.17) is 4.74 Å². The van der Waals surface area contributed by atoms with E-state index in [9.17, 15) is 27.2 Å². The third-order valence-electron chi connectivity index (χ3n) is 6.20. The smallest absolute Gasteiger partial charge is 0.419 e. The van der Waals surface area contributed by atoms with Gasteiger partial charge in [-0.2, -0.15) is 13.2 Å². The van der Waals surface area contributed by atoms with Crippen molar-refractivity contribution in [3.63, 3.8) is 0 Å². The maximum Gasteiger partial charge on any atom is 0.419 e. The van der Waals surface area contributed by atoms with Gasteiger partial charge in [0.1, 0.15) is 11.6 Å². The lowest BCUT2D eigenvalue weighted by atomic mass is 9.94. The van der Waals surface area contributed by atoms with E-state index in [-0.39, 0.29) is 17.9 Å². The SMILES string of the molecule is COc1ccccc1C(=O)N1CCc2c(ccc(C)c2NC(=O)Cc2ccc(C(F)(F)F)c(F)c2)C1. The van der Waals surface area contributed by atoms with Crippen molar-refractivity contribution < 1.29 is 31.9 Å². The summed E-state index contributed by atoms with van der Waals surface area (Å²) in [7, 11) is 1.51. The Morgan fingerprint density at radius 3 is 2.53 bits per heavy atom. The van der Waals surface area contributed by atoms with Crippen molar-refractivity contribution in [2.24, 2.45) is 0 Å². The predicted octanol–water partition coefficient (Wildman–Crippen LogP) is 5.54. The average Bonchev–Trinajstić information content (AvgIpc) is 2.84. The summed E-state index contributed by atoms with van der Waals surface area (Å²) in [6.07, 6.45) is -4.58. The number of benzene rings is 3. The number of para-hydroxylation sites is 1. The molecule has 0 aromatic heterocycles. The van der Waals surface area contributed by atoms with Crippen LogP contribution in [0.1, 0.15) is 38.2 Å². The molecule has 0 aliphatic carbocycles.